The summed E-state index contributed by atoms with van der Waals surface area (Å²) < 4.78 is 0. The van der Waals surface area contributed by atoms with Crippen molar-refractivity contribution >= 4 is 12.4 Å². The fourth-order valence-corrected chi connectivity index (χ4v) is 1.12. The average Bonchev–Trinajstić information content (AvgIpc) is 2.09. The lowest BCUT2D eigenvalue weighted by atomic mass is 10.1. The largest absolute Gasteiger partial charge is 0.309 e. The molecule has 0 bridgehead atoms. The molecule has 0 amide bonds. The normalized spacial score (nSPS) is 9.00. The van der Waals surface area contributed by atoms with E-state index in [1.54, 1.807) is 0 Å². The van der Waals surface area contributed by atoms with Crippen molar-refractivity contribution in [3.05, 3.63) is 48.0 Å². The molecule has 1 aromatic carbocycles. The Labute approximate surface area is 86.3 Å². The molecule has 0 aromatic heterocycles. The first kappa shape index (κ1) is 12.2. The molecule has 0 atom stereocenters. The summed E-state index contributed by atoms with van der Waals surface area (Å²) in [5.41, 5.74) is 2.70. The Morgan fingerprint density at radius 1 is 1.38 bits per heavy atom. The van der Waals surface area contributed by atoms with Gasteiger partial charge in [0.1, 0.15) is 0 Å². The lowest BCUT2D eigenvalue weighted by molar-refractivity contribution is 0.756. The maximum Gasteiger partial charge on any atom is 0.0211 e. The van der Waals surface area contributed by atoms with Gasteiger partial charge in [0.2, 0.25) is 0 Å². The van der Waals surface area contributed by atoms with Crippen molar-refractivity contribution < 1.29 is 0 Å². The first-order valence-corrected chi connectivity index (χ1v) is 4.20. The van der Waals surface area contributed by atoms with Crippen molar-refractivity contribution in [2.75, 3.05) is 6.54 Å². The monoisotopic (exact) mass is 197 g/mol. The number of hydrogen-bond donors (Lipinski definition) is 1. The van der Waals surface area contributed by atoms with Gasteiger partial charge in [-0.25, -0.2) is 0 Å². The molecular formula is C11H16ClN. The zero-order valence-electron chi connectivity index (χ0n) is 7.92. The van der Waals surface area contributed by atoms with Gasteiger partial charge in [-0.2, -0.15) is 0 Å². The Morgan fingerprint density at radius 3 is 2.69 bits per heavy atom. The molecule has 1 rings (SSSR count). The van der Waals surface area contributed by atoms with Crippen LogP contribution in [0.1, 0.15) is 11.1 Å². The molecule has 0 saturated carbocycles. The minimum Gasteiger partial charge on any atom is -0.309 e. The predicted octanol–water partition coefficient (Wildman–Crippen LogP) is 2.69. The molecule has 0 saturated heterocycles. The van der Waals surface area contributed by atoms with Crippen LogP contribution in [0.3, 0.4) is 0 Å². The van der Waals surface area contributed by atoms with E-state index < -0.39 is 0 Å². The molecule has 1 N–H and O–H groups in total. The van der Waals surface area contributed by atoms with E-state index in [4.69, 9.17) is 0 Å². The van der Waals surface area contributed by atoms with Crippen LogP contribution >= 0.6 is 12.4 Å². The second-order valence-electron chi connectivity index (χ2n) is 2.85. The minimum absolute atomic E-state index is 0. The van der Waals surface area contributed by atoms with E-state index >= 15 is 0 Å². The summed E-state index contributed by atoms with van der Waals surface area (Å²) in [6.07, 6.45) is 1.87. The van der Waals surface area contributed by atoms with Crippen molar-refractivity contribution in [2.45, 2.75) is 13.5 Å². The third-order valence-electron chi connectivity index (χ3n) is 1.87. The van der Waals surface area contributed by atoms with Crippen LogP contribution in [0.5, 0.6) is 0 Å². The predicted molar refractivity (Wildman–Crippen MR) is 60.3 cm³/mol. The van der Waals surface area contributed by atoms with Crippen molar-refractivity contribution in [1.82, 2.24) is 5.32 Å². The van der Waals surface area contributed by atoms with Crippen molar-refractivity contribution in [3.8, 4) is 0 Å². The van der Waals surface area contributed by atoms with Gasteiger partial charge >= 0.3 is 0 Å². The number of nitrogens with one attached hydrogen (secondary N) is 1. The Kier molecular flexibility index (Phi) is 6.29. The Hall–Kier alpha value is -0.790. The van der Waals surface area contributed by atoms with E-state index in [0.29, 0.717) is 0 Å². The third kappa shape index (κ3) is 4.11. The van der Waals surface area contributed by atoms with Gasteiger partial charge in [-0.1, -0.05) is 30.3 Å². The van der Waals surface area contributed by atoms with Crippen LogP contribution < -0.4 is 5.32 Å². The zero-order valence-corrected chi connectivity index (χ0v) is 8.73. The van der Waals surface area contributed by atoms with Gasteiger partial charge in [-0.05, 0) is 18.1 Å². The Morgan fingerprint density at radius 2 is 2.08 bits per heavy atom. The summed E-state index contributed by atoms with van der Waals surface area (Å²) in [6, 6.07) is 8.40. The van der Waals surface area contributed by atoms with Gasteiger partial charge < -0.3 is 5.32 Å². The van der Waals surface area contributed by atoms with Crippen LogP contribution in [0, 0.1) is 6.92 Å². The van der Waals surface area contributed by atoms with Crippen molar-refractivity contribution in [2.24, 2.45) is 0 Å². The summed E-state index contributed by atoms with van der Waals surface area (Å²) in [5, 5.41) is 3.27. The number of halogens is 1. The summed E-state index contributed by atoms with van der Waals surface area (Å²) in [4.78, 5) is 0. The summed E-state index contributed by atoms with van der Waals surface area (Å²) in [7, 11) is 0. The van der Waals surface area contributed by atoms with Crippen LogP contribution in [0.15, 0.2) is 36.9 Å². The van der Waals surface area contributed by atoms with E-state index in [1.165, 1.54) is 11.1 Å². The van der Waals surface area contributed by atoms with Crippen LogP contribution in [0.2, 0.25) is 0 Å². The molecular weight excluding hydrogens is 182 g/mol. The second-order valence-corrected chi connectivity index (χ2v) is 2.85. The van der Waals surface area contributed by atoms with Gasteiger partial charge in [-0.3, -0.25) is 0 Å². The molecule has 0 aliphatic rings. The van der Waals surface area contributed by atoms with Gasteiger partial charge in [0.05, 0.1) is 0 Å². The topological polar surface area (TPSA) is 12.0 Å². The number of aryl methyl sites for hydroxylation is 1. The molecule has 0 radical (unpaired) electrons. The SMILES string of the molecule is C=CCNCc1ccccc1C.Cl. The maximum absolute atomic E-state index is 3.65. The standard InChI is InChI=1S/C11H15N.ClH/c1-3-8-12-9-11-7-5-4-6-10(11)2;/h3-7,12H,1,8-9H2,2H3;1H. The third-order valence-corrected chi connectivity index (χ3v) is 1.87. The summed E-state index contributed by atoms with van der Waals surface area (Å²) >= 11 is 0. The number of hydrogen-bond acceptors (Lipinski definition) is 1. The van der Waals surface area contributed by atoms with Crippen LogP contribution in [0.25, 0.3) is 0 Å². The number of benzene rings is 1. The van der Waals surface area contributed by atoms with Crippen LogP contribution in [-0.2, 0) is 6.54 Å². The Balaban J connectivity index is 0.00000144. The molecule has 0 heterocycles. The van der Waals surface area contributed by atoms with Gasteiger partial charge in [0.25, 0.3) is 0 Å². The molecule has 2 heteroatoms. The van der Waals surface area contributed by atoms with E-state index in [9.17, 15) is 0 Å². The minimum atomic E-state index is 0. The van der Waals surface area contributed by atoms with Crippen molar-refractivity contribution in [3.63, 3.8) is 0 Å². The molecule has 0 aliphatic heterocycles. The Bertz CT molecular complexity index is 258. The van der Waals surface area contributed by atoms with Crippen LogP contribution in [-0.4, -0.2) is 6.54 Å². The van der Waals surface area contributed by atoms with Gasteiger partial charge in [0, 0.05) is 13.1 Å². The molecule has 0 fully saturated rings. The van der Waals surface area contributed by atoms with Crippen molar-refractivity contribution in [1.29, 1.82) is 0 Å². The first-order valence-electron chi connectivity index (χ1n) is 4.20. The lowest BCUT2D eigenvalue weighted by Crippen LogP contribution is -2.13. The zero-order chi connectivity index (χ0) is 8.81. The fourth-order valence-electron chi connectivity index (χ4n) is 1.12. The highest BCUT2D eigenvalue weighted by atomic mass is 35.5. The number of rotatable bonds is 4. The molecule has 1 aromatic rings. The molecule has 13 heavy (non-hydrogen) atoms. The summed E-state index contributed by atoms with van der Waals surface area (Å²) in [6.45, 7) is 7.58. The van der Waals surface area contributed by atoms with E-state index in [-0.39, 0.29) is 12.4 Å². The van der Waals surface area contributed by atoms with E-state index in [2.05, 4.69) is 43.1 Å². The van der Waals surface area contributed by atoms with Crippen LogP contribution in [0.4, 0.5) is 0 Å². The smallest absolute Gasteiger partial charge is 0.0211 e. The highest BCUT2D eigenvalue weighted by molar-refractivity contribution is 5.85. The highest BCUT2D eigenvalue weighted by Crippen LogP contribution is 2.05. The lowest BCUT2D eigenvalue weighted by Gasteiger charge is -2.04. The highest BCUT2D eigenvalue weighted by Gasteiger charge is 1.93. The fraction of sp³-hybridized carbons (Fsp3) is 0.273. The quantitative estimate of drug-likeness (QED) is 0.578. The van der Waals surface area contributed by atoms with E-state index in [1.807, 2.05) is 6.08 Å². The molecule has 0 spiro atoms. The molecule has 0 aliphatic carbocycles. The maximum atomic E-state index is 3.65. The molecule has 72 valence electrons. The van der Waals surface area contributed by atoms with Gasteiger partial charge in [-0.15, -0.1) is 19.0 Å². The average molecular weight is 198 g/mol. The second kappa shape index (κ2) is 6.70. The molecule has 1 nitrogen and oxygen atoms in total. The first-order chi connectivity index (χ1) is 5.84. The van der Waals surface area contributed by atoms with E-state index in [0.717, 1.165) is 13.1 Å². The summed E-state index contributed by atoms with van der Waals surface area (Å²) in [5.74, 6) is 0. The van der Waals surface area contributed by atoms with Gasteiger partial charge in [0.15, 0.2) is 0 Å². The molecule has 0 unspecified atom stereocenters.